The third-order valence-electron chi connectivity index (χ3n) is 2.97. The first-order chi connectivity index (χ1) is 7.09. The summed E-state index contributed by atoms with van der Waals surface area (Å²) in [7, 11) is 0. The van der Waals surface area contributed by atoms with E-state index in [-0.39, 0.29) is 0 Å². The highest BCUT2D eigenvalue weighted by Gasteiger charge is 2.06. The maximum Gasteiger partial charge on any atom is 0.0451 e. The van der Waals surface area contributed by atoms with Gasteiger partial charge in [-0.25, -0.2) is 0 Å². The molecular formula is C14H17N. The fourth-order valence-electron chi connectivity index (χ4n) is 2.11. The van der Waals surface area contributed by atoms with Gasteiger partial charge in [0.1, 0.15) is 0 Å². The molecule has 1 aromatic heterocycles. The third-order valence-corrected chi connectivity index (χ3v) is 2.97. The van der Waals surface area contributed by atoms with Crippen molar-refractivity contribution in [2.75, 3.05) is 0 Å². The number of pyridine rings is 1. The van der Waals surface area contributed by atoms with Crippen LogP contribution in [-0.2, 0) is 0 Å². The second-order valence-electron chi connectivity index (χ2n) is 4.48. The second-order valence-corrected chi connectivity index (χ2v) is 4.48. The molecule has 0 saturated carbocycles. The zero-order chi connectivity index (χ0) is 11.0. The van der Waals surface area contributed by atoms with Crippen molar-refractivity contribution in [1.29, 1.82) is 0 Å². The van der Waals surface area contributed by atoms with E-state index < -0.39 is 0 Å². The summed E-state index contributed by atoms with van der Waals surface area (Å²) >= 11 is 0. The average molecular weight is 199 g/mol. The molecule has 0 saturated heterocycles. The molecule has 0 aliphatic heterocycles. The minimum Gasteiger partial charge on any atom is -0.261 e. The minimum absolute atomic E-state index is 0.586. The Morgan fingerprint density at radius 2 is 1.87 bits per heavy atom. The molecule has 2 aromatic rings. The molecule has 0 radical (unpaired) electrons. The van der Waals surface area contributed by atoms with Gasteiger partial charge in [-0.3, -0.25) is 4.98 Å². The Morgan fingerprint density at radius 1 is 1.13 bits per heavy atom. The van der Waals surface area contributed by atoms with Crippen LogP contribution in [0.5, 0.6) is 0 Å². The summed E-state index contributed by atoms with van der Waals surface area (Å²) < 4.78 is 0. The van der Waals surface area contributed by atoms with Crippen molar-refractivity contribution in [3.8, 4) is 0 Å². The lowest BCUT2D eigenvalue weighted by Crippen LogP contribution is -1.93. The van der Waals surface area contributed by atoms with Gasteiger partial charge in [0, 0.05) is 17.3 Å². The highest BCUT2D eigenvalue weighted by atomic mass is 14.7. The molecule has 0 N–H and O–H groups in total. The summed E-state index contributed by atoms with van der Waals surface area (Å²) in [6.45, 7) is 8.72. The number of aromatic nitrogens is 1. The van der Waals surface area contributed by atoms with Crippen LogP contribution in [0.4, 0.5) is 0 Å². The van der Waals surface area contributed by atoms with Crippen molar-refractivity contribution in [3.63, 3.8) is 0 Å². The molecule has 0 atom stereocenters. The van der Waals surface area contributed by atoms with Crippen LogP contribution in [0.15, 0.2) is 24.4 Å². The van der Waals surface area contributed by atoms with Crippen LogP contribution >= 0.6 is 0 Å². The van der Waals surface area contributed by atoms with Gasteiger partial charge in [-0.05, 0) is 48.4 Å². The molecule has 1 heteroatoms. The number of fused-ring (bicyclic) bond motifs is 1. The van der Waals surface area contributed by atoms with Crippen molar-refractivity contribution < 1.29 is 0 Å². The van der Waals surface area contributed by atoms with E-state index in [1.165, 1.54) is 21.9 Å². The maximum absolute atomic E-state index is 4.32. The molecule has 2 rings (SSSR count). The van der Waals surface area contributed by atoms with E-state index in [0.29, 0.717) is 5.92 Å². The molecule has 0 amide bonds. The van der Waals surface area contributed by atoms with Gasteiger partial charge in [0.15, 0.2) is 0 Å². The highest BCUT2D eigenvalue weighted by molar-refractivity contribution is 5.85. The Labute approximate surface area is 91.2 Å². The maximum atomic E-state index is 4.32. The van der Waals surface area contributed by atoms with E-state index in [0.717, 1.165) is 5.69 Å². The van der Waals surface area contributed by atoms with E-state index in [1.807, 2.05) is 6.20 Å². The number of hydrogen-bond acceptors (Lipinski definition) is 1. The Kier molecular flexibility index (Phi) is 2.47. The lowest BCUT2D eigenvalue weighted by molar-refractivity contribution is 0.858. The van der Waals surface area contributed by atoms with Crippen LogP contribution in [0.1, 0.15) is 36.6 Å². The molecule has 0 spiro atoms. The standard InChI is InChI=1S/C14H17N/c1-9(2)13-8-12-5-6-15-11(4)14(12)7-10(13)3/h5-9H,1-4H3. The van der Waals surface area contributed by atoms with Crippen LogP contribution in [-0.4, -0.2) is 4.98 Å². The highest BCUT2D eigenvalue weighted by Crippen LogP contribution is 2.26. The monoisotopic (exact) mass is 199 g/mol. The molecule has 0 aliphatic carbocycles. The second kappa shape index (κ2) is 3.65. The summed E-state index contributed by atoms with van der Waals surface area (Å²) in [5.41, 5.74) is 3.92. The van der Waals surface area contributed by atoms with E-state index in [9.17, 15) is 0 Å². The summed E-state index contributed by atoms with van der Waals surface area (Å²) in [5.74, 6) is 0.586. The molecule has 0 fully saturated rings. The number of aryl methyl sites for hydroxylation is 2. The Balaban J connectivity index is 2.76. The first-order valence-corrected chi connectivity index (χ1v) is 5.45. The van der Waals surface area contributed by atoms with Gasteiger partial charge < -0.3 is 0 Å². The van der Waals surface area contributed by atoms with Crippen molar-refractivity contribution >= 4 is 10.8 Å². The van der Waals surface area contributed by atoms with E-state index in [1.54, 1.807) is 0 Å². The van der Waals surface area contributed by atoms with Gasteiger partial charge in [0.25, 0.3) is 0 Å². The summed E-state index contributed by atoms with van der Waals surface area (Å²) in [6.07, 6.45) is 1.89. The molecule has 1 nitrogen and oxygen atoms in total. The molecular weight excluding hydrogens is 182 g/mol. The number of hydrogen-bond donors (Lipinski definition) is 0. The number of benzene rings is 1. The van der Waals surface area contributed by atoms with Gasteiger partial charge in [0.2, 0.25) is 0 Å². The van der Waals surface area contributed by atoms with Gasteiger partial charge in [-0.2, -0.15) is 0 Å². The van der Waals surface area contributed by atoms with Crippen LogP contribution in [0, 0.1) is 13.8 Å². The predicted molar refractivity (Wildman–Crippen MR) is 65.3 cm³/mol. The summed E-state index contributed by atoms with van der Waals surface area (Å²) in [5, 5.41) is 2.58. The molecule has 15 heavy (non-hydrogen) atoms. The smallest absolute Gasteiger partial charge is 0.0451 e. The Bertz CT molecular complexity index is 498. The first kappa shape index (κ1) is 10.2. The van der Waals surface area contributed by atoms with Gasteiger partial charge in [-0.1, -0.05) is 19.9 Å². The number of nitrogens with zero attached hydrogens (tertiary/aromatic N) is 1. The van der Waals surface area contributed by atoms with Crippen LogP contribution in [0.3, 0.4) is 0 Å². The fraction of sp³-hybridized carbons (Fsp3) is 0.357. The average Bonchev–Trinajstić information content (AvgIpc) is 2.18. The quantitative estimate of drug-likeness (QED) is 0.677. The zero-order valence-corrected chi connectivity index (χ0v) is 9.83. The Morgan fingerprint density at radius 3 is 2.53 bits per heavy atom. The summed E-state index contributed by atoms with van der Waals surface area (Å²) in [6, 6.07) is 6.64. The summed E-state index contributed by atoms with van der Waals surface area (Å²) in [4.78, 5) is 4.32. The van der Waals surface area contributed by atoms with Crippen molar-refractivity contribution in [3.05, 3.63) is 41.2 Å². The van der Waals surface area contributed by atoms with Gasteiger partial charge in [-0.15, -0.1) is 0 Å². The largest absolute Gasteiger partial charge is 0.261 e. The predicted octanol–water partition coefficient (Wildman–Crippen LogP) is 3.98. The number of rotatable bonds is 1. The Hall–Kier alpha value is -1.37. The van der Waals surface area contributed by atoms with Gasteiger partial charge >= 0.3 is 0 Å². The minimum atomic E-state index is 0.586. The SMILES string of the molecule is Cc1cc2c(C)nccc2cc1C(C)C. The lowest BCUT2D eigenvalue weighted by atomic mass is 9.94. The molecule has 0 bridgehead atoms. The fourth-order valence-corrected chi connectivity index (χ4v) is 2.11. The molecule has 1 heterocycles. The van der Waals surface area contributed by atoms with E-state index in [4.69, 9.17) is 0 Å². The van der Waals surface area contributed by atoms with Crippen LogP contribution in [0.25, 0.3) is 10.8 Å². The van der Waals surface area contributed by atoms with Crippen molar-refractivity contribution in [2.45, 2.75) is 33.6 Å². The van der Waals surface area contributed by atoms with Crippen LogP contribution < -0.4 is 0 Å². The first-order valence-electron chi connectivity index (χ1n) is 5.45. The third kappa shape index (κ3) is 1.74. The molecule has 78 valence electrons. The molecule has 0 aliphatic rings. The van der Waals surface area contributed by atoms with E-state index in [2.05, 4.69) is 50.9 Å². The topological polar surface area (TPSA) is 12.9 Å². The van der Waals surface area contributed by atoms with Crippen molar-refractivity contribution in [2.24, 2.45) is 0 Å². The van der Waals surface area contributed by atoms with Crippen LogP contribution in [0.2, 0.25) is 0 Å². The molecule has 1 aromatic carbocycles. The van der Waals surface area contributed by atoms with Crippen molar-refractivity contribution in [1.82, 2.24) is 4.98 Å². The lowest BCUT2D eigenvalue weighted by Gasteiger charge is -2.12. The normalized spacial score (nSPS) is 11.3. The molecule has 0 unspecified atom stereocenters. The van der Waals surface area contributed by atoms with Gasteiger partial charge in [0.05, 0.1) is 0 Å². The van der Waals surface area contributed by atoms with E-state index >= 15 is 0 Å². The zero-order valence-electron chi connectivity index (χ0n) is 9.83.